The Morgan fingerprint density at radius 3 is 3.00 bits per heavy atom. The van der Waals surface area contributed by atoms with Crippen LogP contribution in [0.25, 0.3) is 0 Å². The summed E-state index contributed by atoms with van der Waals surface area (Å²) >= 11 is 2.02. The van der Waals surface area contributed by atoms with Gasteiger partial charge in [0.2, 0.25) is 0 Å². The third-order valence-electron chi connectivity index (χ3n) is 4.15. The van der Waals surface area contributed by atoms with Crippen LogP contribution in [0, 0.1) is 11.3 Å². The van der Waals surface area contributed by atoms with Gasteiger partial charge >= 0.3 is 0 Å². The first kappa shape index (κ1) is 14.2. The zero-order valence-electron chi connectivity index (χ0n) is 11.5. The maximum atomic E-state index is 8.80. The normalized spacial score (nSPS) is 32.3. The maximum Gasteiger partial charge on any atom is 0.0795 e. The van der Waals surface area contributed by atoms with Crippen LogP contribution < -0.4 is 0 Å². The van der Waals surface area contributed by atoms with E-state index in [0.717, 1.165) is 31.7 Å². The highest BCUT2D eigenvalue weighted by molar-refractivity contribution is 7.99. The summed E-state index contributed by atoms with van der Waals surface area (Å²) in [5.74, 6) is 2.40. The Morgan fingerprint density at radius 1 is 1.56 bits per heavy atom. The van der Waals surface area contributed by atoms with Crippen molar-refractivity contribution in [3.63, 3.8) is 0 Å². The summed E-state index contributed by atoms with van der Waals surface area (Å²) in [6.07, 6.45) is 4.12. The van der Waals surface area contributed by atoms with E-state index in [1.807, 2.05) is 11.8 Å². The average molecular weight is 268 g/mol. The average Bonchev–Trinajstić information content (AvgIpc) is 2.77. The molecule has 102 valence electrons. The van der Waals surface area contributed by atoms with Crippen LogP contribution in [0.4, 0.5) is 0 Å². The van der Waals surface area contributed by atoms with Gasteiger partial charge in [-0.05, 0) is 38.9 Å². The molecule has 2 unspecified atom stereocenters. The third-order valence-corrected chi connectivity index (χ3v) is 5.37. The summed E-state index contributed by atoms with van der Waals surface area (Å²) in [6, 6.07) is 3.40. The number of nitrogens with zero attached hydrogens (tertiary/aromatic N) is 2. The lowest BCUT2D eigenvalue weighted by Gasteiger charge is -2.44. The Bertz CT molecular complexity index is 307. The van der Waals surface area contributed by atoms with Gasteiger partial charge in [-0.25, -0.2) is 0 Å². The van der Waals surface area contributed by atoms with Crippen LogP contribution in [0.15, 0.2) is 0 Å². The van der Waals surface area contributed by atoms with Gasteiger partial charge < -0.3 is 4.74 Å². The van der Waals surface area contributed by atoms with E-state index in [0.29, 0.717) is 18.5 Å². The minimum Gasteiger partial charge on any atom is -0.374 e. The van der Waals surface area contributed by atoms with Crippen LogP contribution >= 0.6 is 11.8 Å². The molecule has 4 heteroatoms. The van der Waals surface area contributed by atoms with Gasteiger partial charge in [-0.1, -0.05) is 0 Å². The van der Waals surface area contributed by atoms with Gasteiger partial charge in [-0.2, -0.15) is 17.0 Å². The van der Waals surface area contributed by atoms with Gasteiger partial charge in [-0.3, -0.25) is 4.90 Å². The van der Waals surface area contributed by atoms with Crippen LogP contribution in [0.3, 0.4) is 0 Å². The van der Waals surface area contributed by atoms with E-state index in [1.54, 1.807) is 0 Å². The van der Waals surface area contributed by atoms with E-state index >= 15 is 0 Å². The van der Waals surface area contributed by atoms with Crippen molar-refractivity contribution in [3.05, 3.63) is 0 Å². The number of thioether (sulfide) groups is 1. The van der Waals surface area contributed by atoms with E-state index in [4.69, 9.17) is 10.00 Å². The van der Waals surface area contributed by atoms with E-state index in [-0.39, 0.29) is 5.60 Å². The van der Waals surface area contributed by atoms with Crippen molar-refractivity contribution in [2.75, 3.05) is 24.7 Å². The Balaban J connectivity index is 1.99. The molecular formula is C14H24N2OS. The monoisotopic (exact) mass is 268 g/mol. The molecule has 1 spiro atoms. The Labute approximate surface area is 115 Å². The molecule has 0 aliphatic carbocycles. The molecule has 2 atom stereocenters. The summed E-state index contributed by atoms with van der Waals surface area (Å²) in [7, 11) is 0. The smallest absolute Gasteiger partial charge is 0.0795 e. The minimum absolute atomic E-state index is 0.146. The zero-order valence-corrected chi connectivity index (χ0v) is 12.3. The minimum atomic E-state index is 0.146. The summed E-state index contributed by atoms with van der Waals surface area (Å²) < 4.78 is 6.08. The molecule has 2 rings (SSSR count). The van der Waals surface area contributed by atoms with E-state index in [9.17, 15) is 0 Å². The van der Waals surface area contributed by atoms with Gasteiger partial charge in [0.1, 0.15) is 0 Å². The van der Waals surface area contributed by atoms with Crippen molar-refractivity contribution >= 4 is 11.8 Å². The lowest BCUT2D eigenvalue weighted by atomic mass is 9.88. The highest BCUT2D eigenvalue weighted by Crippen LogP contribution is 2.39. The molecule has 0 bridgehead atoms. The Kier molecular flexibility index (Phi) is 4.94. The molecule has 2 heterocycles. The summed E-state index contributed by atoms with van der Waals surface area (Å²) in [5.41, 5.74) is 0.146. The first-order chi connectivity index (χ1) is 8.67. The molecule has 0 saturated carbocycles. The quantitative estimate of drug-likeness (QED) is 0.785. The lowest BCUT2D eigenvalue weighted by Crippen LogP contribution is -2.51. The van der Waals surface area contributed by atoms with Crippen LogP contribution in [0.2, 0.25) is 0 Å². The fraction of sp³-hybridized carbons (Fsp3) is 0.929. The van der Waals surface area contributed by atoms with Gasteiger partial charge in [0.15, 0.2) is 0 Å². The summed E-state index contributed by atoms with van der Waals surface area (Å²) in [5, 5.41) is 8.80. The molecule has 0 aromatic heterocycles. The molecule has 0 radical (unpaired) electrons. The second-order valence-electron chi connectivity index (χ2n) is 5.72. The van der Waals surface area contributed by atoms with Crippen molar-refractivity contribution in [2.24, 2.45) is 0 Å². The highest BCUT2D eigenvalue weighted by Gasteiger charge is 2.42. The molecule has 2 aliphatic rings. The summed E-state index contributed by atoms with van der Waals surface area (Å²) in [4.78, 5) is 2.51. The van der Waals surface area contributed by atoms with Crippen LogP contribution in [-0.2, 0) is 4.74 Å². The number of hydrogen-bond donors (Lipinski definition) is 0. The molecule has 18 heavy (non-hydrogen) atoms. The van der Waals surface area contributed by atoms with Gasteiger partial charge in [0.25, 0.3) is 0 Å². The summed E-state index contributed by atoms with van der Waals surface area (Å²) in [6.45, 7) is 6.27. The van der Waals surface area contributed by atoms with E-state index in [1.165, 1.54) is 12.2 Å². The predicted octanol–water partition coefficient (Wildman–Crippen LogP) is 2.67. The highest BCUT2D eigenvalue weighted by atomic mass is 32.2. The number of nitriles is 1. The van der Waals surface area contributed by atoms with Gasteiger partial charge in [-0.15, -0.1) is 0 Å². The maximum absolute atomic E-state index is 8.80. The molecule has 2 aliphatic heterocycles. The van der Waals surface area contributed by atoms with Crippen LogP contribution in [-0.4, -0.2) is 47.2 Å². The van der Waals surface area contributed by atoms with Crippen molar-refractivity contribution in [2.45, 2.75) is 57.2 Å². The molecule has 0 aromatic rings. The number of ether oxygens (including phenoxy) is 1. The largest absolute Gasteiger partial charge is 0.374 e. The molecule has 2 fully saturated rings. The molecule has 0 amide bonds. The SMILES string of the molecule is CC(C)N(CCC#N)C1CCOC2(CCSC2)C1. The Hall–Kier alpha value is -0.240. The van der Waals surface area contributed by atoms with Crippen LogP contribution in [0.5, 0.6) is 0 Å². The molecule has 2 saturated heterocycles. The molecule has 3 nitrogen and oxygen atoms in total. The molecular weight excluding hydrogens is 244 g/mol. The zero-order chi connectivity index (χ0) is 13.0. The van der Waals surface area contributed by atoms with Crippen molar-refractivity contribution in [3.8, 4) is 6.07 Å². The molecule has 0 N–H and O–H groups in total. The fourth-order valence-corrected chi connectivity index (χ4v) is 4.57. The first-order valence-electron chi connectivity index (χ1n) is 7.01. The van der Waals surface area contributed by atoms with Crippen molar-refractivity contribution in [1.82, 2.24) is 4.90 Å². The standard InChI is InChI=1S/C14H24N2OS/c1-12(2)16(7-3-6-15)13-4-8-17-14(10-13)5-9-18-11-14/h12-13H,3-5,7-11H2,1-2H3. The molecule has 0 aromatic carbocycles. The van der Waals surface area contributed by atoms with Gasteiger partial charge in [0.05, 0.1) is 11.7 Å². The van der Waals surface area contributed by atoms with E-state index < -0.39 is 0 Å². The van der Waals surface area contributed by atoms with Crippen LogP contribution in [0.1, 0.15) is 39.5 Å². The topological polar surface area (TPSA) is 36.3 Å². The second-order valence-corrected chi connectivity index (χ2v) is 6.83. The number of hydrogen-bond acceptors (Lipinski definition) is 4. The van der Waals surface area contributed by atoms with E-state index in [2.05, 4.69) is 24.8 Å². The number of rotatable bonds is 4. The fourth-order valence-electron chi connectivity index (χ4n) is 3.19. The first-order valence-corrected chi connectivity index (χ1v) is 8.17. The van der Waals surface area contributed by atoms with Crippen molar-refractivity contribution < 1.29 is 4.74 Å². The van der Waals surface area contributed by atoms with Crippen molar-refractivity contribution in [1.29, 1.82) is 5.26 Å². The Morgan fingerprint density at radius 2 is 2.39 bits per heavy atom. The van der Waals surface area contributed by atoms with Gasteiger partial charge in [0, 0.05) is 37.4 Å². The lowest BCUT2D eigenvalue weighted by molar-refractivity contribution is -0.0932. The predicted molar refractivity (Wildman–Crippen MR) is 75.7 cm³/mol. The second kappa shape index (κ2) is 6.27. The third kappa shape index (κ3) is 3.20.